The zero-order chi connectivity index (χ0) is 15.2. The van der Waals surface area contributed by atoms with Crippen LogP contribution in [0.4, 0.5) is 5.13 Å². The second-order valence-corrected chi connectivity index (χ2v) is 7.32. The normalized spacial score (nSPS) is 19.4. The number of carbonyl (C=O) groups excluding carboxylic acids is 2. The average Bonchev–Trinajstić information content (AvgIpc) is 2.86. The maximum Gasteiger partial charge on any atom is 0.240 e. The fourth-order valence-electron chi connectivity index (χ4n) is 2.24. The number of amides is 2. The second-order valence-electron chi connectivity index (χ2n) is 4.83. The summed E-state index contributed by atoms with van der Waals surface area (Å²) in [4.78, 5) is 25.2. The molecule has 3 N–H and O–H groups in total. The molecule has 2 rings (SSSR count). The number of likely N-dealkylation sites (tertiary alicyclic amines) is 1. The van der Waals surface area contributed by atoms with Crippen molar-refractivity contribution in [3.05, 3.63) is 0 Å². The van der Waals surface area contributed by atoms with E-state index in [0.29, 0.717) is 11.7 Å². The summed E-state index contributed by atoms with van der Waals surface area (Å²) >= 11 is 2.96. The Morgan fingerprint density at radius 1 is 1.52 bits per heavy atom. The molecule has 2 heterocycles. The number of aromatic nitrogens is 2. The Morgan fingerprint density at radius 2 is 2.33 bits per heavy atom. The van der Waals surface area contributed by atoms with E-state index in [1.54, 1.807) is 11.8 Å². The van der Waals surface area contributed by atoms with Crippen molar-refractivity contribution in [3.63, 3.8) is 0 Å². The predicted octanol–water partition coefficient (Wildman–Crippen LogP) is 0.786. The molecule has 1 atom stereocenters. The Bertz CT molecular complexity index is 508. The van der Waals surface area contributed by atoms with Crippen LogP contribution in [0.2, 0.25) is 0 Å². The maximum absolute atomic E-state index is 12.0. The first kappa shape index (κ1) is 16.2. The van der Waals surface area contributed by atoms with Crippen molar-refractivity contribution in [2.75, 3.05) is 30.7 Å². The fraction of sp³-hybridized carbons (Fsp3) is 0.667. The van der Waals surface area contributed by atoms with Crippen molar-refractivity contribution in [1.82, 2.24) is 15.1 Å². The number of piperidine rings is 1. The Hall–Kier alpha value is -1.19. The Labute approximate surface area is 131 Å². The van der Waals surface area contributed by atoms with Crippen molar-refractivity contribution >= 4 is 40.0 Å². The highest BCUT2D eigenvalue weighted by atomic mass is 32.2. The number of rotatable bonds is 6. The van der Waals surface area contributed by atoms with Gasteiger partial charge in [0.2, 0.25) is 16.9 Å². The first-order valence-electron chi connectivity index (χ1n) is 6.86. The molecule has 2 amide bonds. The molecule has 1 aliphatic heterocycles. The van der Waals surface area contributed by atoms with Crippen LogP contribution in [0.3, 0.4) is 0 Å². The number of nitrogens with zero attached hydrogens (tertiary/aromatic N) is 3. The lowest BCUT2D eigenvalue weighted by Gasteiger charge is -2.30. The molecule has 7 nitrogen and oxygen atoms in total. The van der Waals surface area contributed by atoms with Gasteiger partial charge in [-0.3, -0.25) is 19.8 Å². The lowest BCUT2D eigenvalue weighted by molar-refractivity contribution is -0.125. The molecule has 0 saturated carbocycles. The van der Waals surface area contributed by atoms with Gasteiger partial charge in [0.25, 0.3) is 0 Å². The molecule has 0 unspecified atom stereocenters. The van der Waals surface area contributed by atoms with E-state index in [4.69, 9.17) is 5.73 Å². The Morgan fingerprint density at radius 3 is 3.05 bits per heavy atom. The average molecular weight is 329 g/mol. The lowest BCUT2D eigenvalue weighted by atomic mass is 9.97. The molecule has 1 aliphatic rings. The lowest BCUT2D eigenvalue weighted by Crippen LogP contribution is -2.44. The number of primary amides is 1. The molecule has 21 heavy (non-hydrogen) atoms. The van der Waals surface area contributed by atoms with Gasteiger partial charge in [0.1, 0.15) is 0 Å². The number of nitrogens with one attached hydrogen (secondary N) is 1. The molecule has 1 aromatic heterocycles. The number of hydrogen-bond acceptors (Lipinski definition) is 7. The van der Waals surface area contributed by atoms with Crippen LogP contribution in [0.5, 0.6) is 0 Å². The van der Waals surface area contributed by atoms with Crippen LogP contribution in [-0.4, -0.2) is 52.3 Å². The minimum absolute atomic E-state index is 0.135. The summed E-state index contributed by atoms with van der Waals surface area (Å²) in [5.41, 5.74) is 5.33. The molecule has 0 bridgehead atoms. The summed E-state index contributed by atoms with van der Waals surface area (Å²) in [5, 5.41) is 11.2. The van der Waals surface area contributed by atoms with Gasteiger partial charge in [-0.25, -0.2) is 0 Å². The van der Waals surface area contributed by atoms with Gasteiger partial charge in [-0.05, 0) is 25.1 Å². The fourth-order valence-corrected chi connectivity index (χ4v) is 3.90. The highest BCUT2D eigenvalue weighted by Gasteiger charge is 2.25. The standard InChI is InChI=1S/C12H19N5O2S2/c1-2-20-12-16-15-11(21-12)14-9(18)7-17-5-3-4-8(6-17)10(13)19/h8H,2-7H2,1H3,(H2,13,19)(H,14,15,18)/t8-/m0/s1. The van der Waals surface area contributed by atoms with Gasteiger partial charge in [0, 0.05) is 6.54 Å². The second kappa shape index (κ2) is 7.71. The monoisotopic (exact) mass is 329 g/mol. The van der Waals surface area contributed by atoms with E-state index < -0.39 is 0 Å². The third kappa shape index (κ3) is 4.94. The van der Waals surface area contributed by atoms with Crippen molar-refractivity contribution in [1.29, 1.82) is 0 Å². The van der Waals surface area contributed by atoms with E-state index in [9.17, 15) is 9.59 Å². The first-order chi connectivity index (χ1) is 10.1. The van der Waals surface area contributed by atoms with Crippen molar-refractivity contribution < 1.29 is 9.59 Å². The SMILES string of the molecule is CCSc1nnc(NC(=O)CN2CCC[C@H](C(N)=O)C2)s1. The van der Waals surface area contributed by atoms with Crippen molar-refractivity contribution in [2.24, 2.45) is 11.7 Å². The molecule has 9 heteroatoms. The van der Waals surface area contributed by atoms with Gasteiger partial charge < -0.3 is 5.73 Å². The van der Waals surface area contributed by atoms with Crippen LogP contribution in [0.25, 0.3) is 0 Å². The van der Waals surface area contributed by atoms with Crippen LogP contribution >= 0.6 is 23.1 Å². The number of anilines is 1. The first-order valence-corrected chi connectivity index (χ1v) is 8.66. The molecule has 0 spiro atoms. The van der Waals surface area contributed by atoms with Crippen LogP contribution in [0.1, 0.15) is 19.8 Å². The molecule has 1 saturated heterocycles. The molecular weight excluding hydrogens is 310 g/mol. The summed E-state index contributed by atoms with van der Waals surface area (Å²) in [6.07, 6.45) is 1.69. The van der Waals surface area contributed by atoms with E-state index in [0.717, 1.165) is 29.5 Å². The molecule has 1 fully saturated rings. The summed E-state index contributed by atoms with van der Waals surface area (Å²) in [5.74, 6) is 0.348. The van der Waals surface area contributed by atoms with Gasteiger partial charge in [0.15, 0.2) is 4.34 Å². The Balaban J connectivity index is 1.82. The zero-order valence-corrected chi connectivity index (χ0v) is 13.5. The largest absolute Gasteiger partial charge is 0.369 e. The van der Waals surface area contributed by atoms with E-state index >= 15 is 0 Å². The minimum Gasteiger partial charge on any atom is -0.369 e. The van der Waals surface area contributed by atoms with Gasteiger partial charge in [-0.1, -0.05) is 30.0 Å². The molecular formula is C12H19N5O2S2. The summed E-state index contributed by atoms with van der Waals surface area (Å²) in [6.45, 7) is 3.65. The summed E-state index contributed by atoms with van der Waals surface area (Å²) in [7, 11) is 0. The molecule has 0 aliphatic carbocycles. The van der Waals surface area contributed by atoms with Gasteiger partial charge >= 0.3 is 0 Å². The van der Waals surface area contributed by atoms with Crippen LogP contribution < -0.4 is 11.1 Å². The van der Waals surface area contributed by atoms with Crippen LogP contribution in [0, 0.1) is 5.92 Å². The van der Waals surface area contributed by atoms with E-state index in [1.807, 2.05) is 11.8 Å². The molecule has 1 aromatic rings. The van der Waals surface area contributed by atoms with Crippen molar-refractivity contribution in [3.8, 4) is 0 Å². The summed E-state index contributed by atoms with van der Waals surface area (Å²) in [6, 6.07) is 0. The van der Waals surface area contributed by atoms with Crippen LogP contribution in [0.15, 0.2) is 4.34 Å². The molecule has 0 aromatic carbocycles. The van der Waals surface area contributed by atoms with Gasteiger partial charge in [-0.15, -0.1) is 10.2 Å². The third-order valence-electron chi connectivity index (χ3n) is 3.20. The minimum atomic E-state index is -0.287. The number of hydrogen-bond donors (Lipinski definition) is 2. The topological polar surface area (TPSA) is 101 Å². The number of thioether (sulfide) groups is 1. The highest BCUT2D eigenvalue weighted by molar-refractivity contribution is 8.01. The zero-order valence-electron chi connectivity index (χ0n) is 11.9. The predicted molar refractivity (Wildman–Crippen MR) is 83.3 cm³/mol. The van der Waals surface area contributed by atoms with E-state index in [2.05, 4.69) is 15.5 Å². The quantitative estimate of drug-likeness (QED) is 0.591. The third-order valence-corrected chi connectivity index (χ3v) is 5.05. The van der Waals surface area contributed by atoms with E-state index in [-0.39, 0.29) is 24.3 Å². The number of carbonyl (C=O) groups is 2. The highest BCUT2D eigenvalue weighted by Crippen LogP contribution is 2.25. The smallest absolute Gasteiger partial charge is 0.240 e. The number of nitrogens with two attached hydrogens (primary N) is 1. The molecule has 0 radical (unpaired) electrons. The molecule has 116 valence electrons. The van der Waals surface area contributed by atoms with Crippen LogP contribution in [-0.2, 0) is 9.59 Å². The summed E-state index contributed by atoms with van der Waals surface area (Å²) < 4.78 is 0.847. The Kier molecular flexibility index (Phi) is 5.95. The van der Waals surface area contributed by atoms with Gasteiger partial charge in [-0.2, -0.15) is 0 Å². The van der Waals surface area contributed by atoms with E-state index in [1.165, 1.54) is 11.3 Å². The maximum atomic E-state index is 12.0. The van der Waals surface area contributed by atoms with Crippen molar-refractivity contribution in [2.45, 2.75) is 24.1 Å². The van der Waals surface area contributed by atoms with Gasteiger partial charge in [0.05, 0.1) is 12.5 Å².